The summed E-state index contributed by atoms with van der Waals surface area (Å²) in [4.78, 5) is 16.6. The van der Waals surface area contributed by atoms with Crippen LogP contribution in [0.2, 0.25) is 0 Å². The normalized spacial score (nSPS) is 19.9. The quantitative estimate of drug-likeness (QED) is 0.813. The van der Waals surface area contributed by atoms with Crippen molar-refractivity contribution in [2.24, 2.45) is 0 Å². The van der Waals surface area contributed by atoms with Gasteiger partial charge in [-0.2, -0.15) is 0 Å². The summed E-state index contributed by atoms with van der Waals surface area (Å²) in [5.41, 5.74) is 0. The summed E-state index contributed by atoms with van der Waals surface area (Å²) in [7, 11) is 1.42. The fourth-order valence-electron chi connectivity index (χ4n) is 1.82. The second kappa shape index (κ2) is 5.41. The minimum atomic E-state index is -0.158. The van der Waals surface area contributed by atoms with Crippen molar-refractivity contribution in [3.05, 3.63) is 16.1 Å². The van der Waals surface area contributed by atoms with Crippen molar-refractivity contribution in [1.29, 1.82) is 0 Å². The number of aryl methyl sites for hydroxylation is 1. The van der Waals surface area contributed by atoms with Gasteiger partial charge in [0.15, 0.2) is 0 Å². The van der Waals surface area contributed by atoms with Gasteiger partial charge in [-0.15, -0.1) is 11.3 Å². The SMILES string of the molecule is COC(=O)CCc1cnc([C@@H]2CCCN2)s1. The molecule has 1 aromatic heterocycles. The molecule has 0 radical (unpaired) electrons. The molecule has 0 aromatic carbocycles. The predicted molar refractivity (Wildman–Crippen MR) is 62.4 cm³/mol. The summed E-state index contributed by atoms with van der Waals surface area (Å²) in [6.07, 6.45) is 5.45. The van der Waals surface area contributed by atoms with E-state index in [4.69, 9.17) is 0 Å². The number of rotatable bonds is 4. The Labute approximate surface area is 99.0 Å². The molecule has 0 saturated carbocycles. The van der Waals surface area contributed by atoms with Gasteiger partial charge in [0, 0.05) is 11.1 Å². The van der Waals surface area contributed by atoms with E-state index in [0.29, 0.717) is 12.5 Å². The summed E-state index contributed by atoms with van der Waals surface area (Å²) in [5, 5.41) is 4.57. The highest BCUT2D eigenvalue weighted by molar-refractivity contribution is 7.11. The van der Waals surface area contributed by atoms with Gasteiger partial charge in [0.1, 0.15) is 5.01 Å². The van der Waals surface area contributed by atoms with Crippen molar-refractivity contribution >= 4 is 17.3 Å². The van der Waals surface area contributed by atoms with Gasteiger partial charge in [-0.05, 0) is 25.8 Å². The number of thiazole rings is 1. The number of methoxy groups -OCH3 is 1. The highest BCUT2D eigenvalue weighted by Crippen LogP contribution is 2.27. The molecule has 2 heterocycles. The standard InChI is InChI=1S/C11H16N2O2S/c1-15-10(14)5-4-8-7-13-11(16-8)9-3-2-6-12-9/h7,9,12H,2-6H2,1H3/t9-/m0/s1. The van der Waals surface area contributed by atoms with E-state index in [1.54, 1.807) is 11.3 Å². The monoisotopic (exact) mass is 240 g/mol. The highest BCUT2D eigenvalue weighted by Gasteiger charge is 2.19. The van der Waals surface area contributed by atoms with Crippen LogP contribution in [-0.4, -0.2) is 24.6 Å². The predicted octanol–water partition coefficient (Wildman–Crippen LogP) is 1.67. The van der Waals surface area contributed by atoms with Crippen LogP contribution < -0.4 is 5.32 Å². The van der Waals surface area contributed by atoms with E-state index in [0.717, 1.165) is 22.9 Å². The maximum Gasteiger partial charge on any atom is 0.305 e. The molecule has 4 nitrogen and oxygen atoms in total. The Kier molecular flexibility index (Phi) is 3.90. The third-order valence-corrected chi connectivity index (χ3v) is 3.90. The van der Waals surface area contributed by atoms with Gasteiger partial charge in [0.25, 0.3) is 0 Å². The molecule has 0 bridgehead atoms. The van der Waals surface area contributed by atoms with Crippen molar-refractivity contribution in [1.82, 2.24) is 10.3 Å². The van der Waals surface area contributed by atoms with Crippen molar-refractivity contribution in [3.63, 3.8) is 0 Å². The third kappa shape index (κ3) is 2.80. The van der Waals surface area contributed by atoms with Gasteiger partial charge in [-0.3, -0.25) is 4.79 Å². The van der Waals surface area contributed by atoms with Crippen LogP contribution in [0.4, 0.5) is 0 Å². The van der Waals surface area contributed by atoms with Gasteiger partial charge in [-0.25, -0.2) is 4.98 Å². The summed E-state index contributed by atoms with van der Waals surface area (Å²) in [5.74, 6) is -0.158. The first-order valence-electron chi connectivity index (χ1n) is 5.54. The number of ether oxygens (including phenoxy) is 1. The molecule has 2 rings (SSSR count). The van der Waals surface area contributed by atoms with Gasteiger partial charge < -0.3 is 10.1 Å². The average Bonchev–Trinajstić information content (AvgIpc) is 2.95. The highest BCUT2D eigenvalue weighted by atomic mass is 32.1. The zero-order valence-electron chi connectivity index (χ0n) is 9.36. The van der Waals surface area contributed by atoms with Crippen LogP contribution >= 0.6 is 11.3 Å². The van der Waals surface area contributed by atoms with Crippen molar-refractivity contribution < 1.29 is 9.53 Å². The number of nitrogens with zero attached hydrogens (tertiary/aromatic N) is 1. The Morgan fingerprint density at radius 2 is 2.62 bits per heavy atom. The fourth-order valence-corrected chi connectivity index (χ4v) is 2.85. The van der Waals surface area contributed by atoms with Gasteiger partial charge in [0.05, 0.1) is 19.6 Å². The topological polar surface area (TPSA) is 51.2 Å². The first-order valence-corrected chi connectivity index (χ1v) is 6.36. The van der Waals surface area contributed by atoms with Crippen LogP contribution in [0, 0.1) is 0 Å². The van der Waals surface area contributed by atoms with Crippen LogP contribution in [0.25, 0.3) is 0 Å². The molecule has 1 N–H and O–H groups in total. The molecular weight excluding hydrogens is 224 g/mol. The summed E-state index contributed by atoms with van der Waals surface area (Å²) >= 11 is 1.70. The zero-order valence-corrected chi connectivity index (χ0v) is 10.2. The molecule has 5 heteroatoms. The van der Waals surface area contributed by atoms with Crippen molar-refractivity contribution in [3.8, 4) is 0 Å². The number of carbonyl (C=O) groups excluding carboxylic acids is 1. The van der Waals surface area contributed by atoms with E-state index in [2.05, 4.69) is 15.0 Å². The smallest absolute Gasteiger partial charge is 0.305 e. The van der Waals surface area contributed by atoms with Gasteiger partial charge >= 0.3 is 5.97 Å². The van der Waals surface area contributed by atoms with Crippen LogP contribution in [0.15, 0.2) is 6.20 Å². The lowest BCUT2D eigenvalue weighted by molar-refractivity contribution is -0.140. The van der Waals surface area contributed by atoms with Gasteiger partial charge in [-0.1, -0.05) is 0 Å². The van der Waals surface area contributed by atoms with E-state index < -0.39 is 0 Å². The van der Waals surface area contributed by atoms with E-state index >= 15 is 0 Å². The molecule has 1 fully saturated rings. The lowest BCUT2D eigenvalue weighted by atomic mass is 10.2. The van der Waals surface area contributed by atoms with E-state index in [1.165, 1.54) is 20.0 Å². The lowest BCUT2D eigenvalue weighted by Crippen LogP contribution is -2.12. The number of hydrogen-bond donors (Lipinski definition) is 1. The molecular formula is C11H16N2O2S. The Morgan fingerprint density at radius 3 is 3.31 bits per heavy atom. The van der Waals surface area contributed by atoms with E-state index in [9.17, 15) is 4.79 Å². The fraction of sp³-hybridized carbons (Fsp3) is 0.636. The largest absolute Gasteiger partial charge is 0.469 e. The number of aromatic nitrogens is 1. The van der Waals surface area contributed by atoms with E-state index in [1.807, 2.05) is 6.20 Å². The molecule has 1 atom stereocenters. The Hall–Kier alpha value is -0.940. The average molecular weight is 240 g/mol. The Morgan fingerprint density at radius 1 is 1.75 bits per heavy atom. The van der Waals surface area contributed by atoms with Crippen LogP contribution in [0.3, 0.4) is 0 Å². The zero-order chi connectivity index (χ0) is 11.4. The molecule has 0 aliphatic carbocycles. The molecule has 1 aliphatic rings. The maximum absolute atomic E-state index is 11.0. The molecule has 0 unspecified atom stereocenters. The number of esters is 1. The third-order valence-electron chi connectivity index (χ3n) is 2.73. The van der Waals surface area contributed by atoms with E-state index in [-0.39, 0.29) is 5.97 Å². The van der Waals surface area contributed by atoms with Crippen molar-refractivity contribution in [2.75, 3.05) is 13.7 Å². The molecule has 1 saturated heterocycles. The Balaban J connectivity index is 1.89. The Bertz CT molecular complexity index is 359. The van der Waals surface area contributed by atoms with Crippen molar-refractivity contribution in [2.45, 2.75) is 31.7 Å². The minimum Gasteiger partial charge on any atom is -0.469 e. The second-order valence-electron chi connectivity index (χ2n) is 3.89. The first kappa shape index (κ1) is 11.5. The van der Waals surface area contributed by atoms with Crippen LogP contribution in [-0.2, 0) is 16.0 Å². The van der Waals surface area contributed by atoms with Crippen LogP contribution in [0.1, 0.15) is 35.2 Å². The maximum atomic E-state index is 11.0. The number of carbonyl (C=O) groups is 1. The second-order valence-corrected chi connectivity index (χ2v) is 5.04. The first-order chi connectivity index (χ1) is 7.79. The summed E-state index contributed by atoms with van der Waals surface area (Å²) in [6, 6.07) is 0.428. The van der Waals surface area contributed by atoms with Crippen LogP contribution in [0.5, 0.6) is 0 Å². The molecule has 1 aromatic rings. The minimum absolute atomic E-state index is 0.158. The molecule has 1 aliphatic heterocycles. The molecule has 88 valence electrons. The number of hydrogen-bond acceptors (Lipinski definition) is 5. The molecule has 0 amide bonds. The van der Waals surface area contributed by atoms with Gasteiger partial charge in [0.2, 0.25) is 0 Å². The molecule has 16 heavy (non-hydrogen) atoms. The number of nitrogens with one attached hydrogen (secondary N) is 1. The lowest BCUT2D eigenvalue weighted by Gasteiger charge is -2.04. The summed E-state index contributed by atoms with van der Waals surface area (Å²) < 4.78 is 4.61. The summed E-state index contributed by atoms with van der Waals surface area (Å²) in [6.45, 7) is 1.09. The molecule has 0 spiro atoms.